The summed E-state index contributed by atoms with van der Waals surface area (Å²) in [5, 5.41) is 4.69. The summed E-state index contributed by atoms with van der Waals surface area (Å²) in [6.45, 7) is 0. The van der Waals surface area contributed by atoms with Crippen LogP contribution in [-0.4, -0.2) is 26.6 Å². The number of rotatable bonds is 4. The van der Waals surface area contributed by atoms with Crippen LogP contribution < -0.4 is 5.32 Å². The van der Waals surface area contributed by atoms with Gasteiger partial charge < -0.3 is 5.32 Å². The van der Waals surface area contributed by atoms with Gasteiger partial charge in [-0.3, -0.25) is 4.79 Å². The fourth-order valence-electron chi connectivity index (χ4n) is 2.28. The Balaban J connectivity index is 1.72. The van der Waals surface area contributed by atoms with Crippen LogP contribution in [0.15, 0.2) is 16.7 Å². The molecule has 2 aromatic rings. The van der Waals surface area contributed by atoms with Crippen LogP contribution in [0, 0.1) is 0 Å². The molecule has 0 fully saturated rings. The van der Waals surface area contributed by atoms with Crippen LogP contribution in [0.2, 0.25) is 0 Å². The molecule has 2 heterocycles. The average Bonchev–Trinajstić information content (AvgIpc) is 3.13. The van der Waals surface area contributed by atoms with E-state index in [4.69, 9.17) is 0 Å². The molecule has 1 aliphatic rings. The molecule has 0 unspecified atom stereocenters. The third-order valence-electron chi connectivity index (χ3n) is 3.19. The Morgan fingerprint density at radius 2 is 2.17 bits per heavy atom. The molecule has 2 aromatic heterocycles. The standard InChI is InChI=1S/C13H11F3N4OS2/c14-13(15,16)10-7-2-1-3-8(7)18-12(20-10)23-6-9(21)19-11-17-4-5-22-11/h4-5H,1-3,6H2,(H,17,19,21). The molecule has 0 aliphatic heterocycles. The van der Waals surface area contributed by atoms with Gasteiger partial charge >= 0.3 is 6.18 Å². The maximum atomic E-state index is 13.1. The number of aryl methyl sites for hydroxylation is 1. The lowest BCUT2D eigenvalue weighted by Crippen LogP contribution is -2.16. The second-order valence-corrected chi connectivity index (χ2v) is 6.64. The Bertz CT molecular complexity index is 719. The monoisotopic (exact) mass is 360 g/mol. The molecule has 122 valence electrons. The maximum Gasteiger partial charge on any atom is 0.433 e. The smallest absolute Gasteiger partial charge is 0.301 e. The summed E-state index contributed by atoms with van der Waals surface area (Å²) in [6, 6.07) is 0. The van der Waals surface area contributed by atoms with Gasteiger partial charge in [0.25, 0.3) is 0 Å². The van der Waals surface area contributed by atoms with E-state index in [1.165, 1.54) is 11.3 Å². The fraction of sp³-hybridized carbons (Fsp3) is 0.385. The number of alkyl halides is 3. The molecule has 1 N–H and O–H groups in total. The Labute approximate surface area is 137 Å². The van der Waals surface area contributed by atoms with Crippen molar-refractivity contribution in [3.05, 3.63) is 28.5 Å². The number of hydrogen-bond donors (Lipinski definition) is 1. The highest BCUT2D eigenvalue weighted by atomic mass is 32.2. The molecule has 0 saturated heterocycles. The maximum absolute atomic E-state index is 13.1. The van der Waals surface area contributed by atoms with Gasteiger partial charge in [-0.1, -0.05) is 11.8 Å². The number of thioether (sulfide) groups is 1. The highest BCUT2D eigenvalue weighted by molar-refractivity contribution is 7.99. The molecule has 3 rings (SSSR count). The van der Waals surface area contributed by atoms with Gasteiger partial charge in [0.2, 0.25) is 5.91 Å². The highest BCUT2D eigenvalue weighted by Gasteiger charge is 2.38. The zero-order chi connectivity index (χ0) is 16.4. The Morgan fingerprint density at radius 3 is 2.87 bits per heavy atom. The predicted octanol–water partition coefficient (Wildman–Crippen LogP) is 3.17. The first kappa shape index (κ1) is 16.2. The lowest BCUT2D eigenvalue weighted by Gasteiger charge is -2.12. The van der Waals surface area contributed by atoms with Gasteiger partial charge in [-0.2, -0.15) is 13.2 Å². The number of nitrogens with zero attached hydrogens (tertiary/aromatic N) is 3. The number of nitrogens with one attached hydrogen (secondary N) is 1. The van der Waals surface area contributed by atoms with Gasteiger partial charge in [0, 0.05) is 22.8 Å². The van der Waals surface area contributed by atoms with E-state index in [1.807, 2.05) is 0 Å². The Kier molecular flexibility index (Phi) is 4.53. The van der Waals surface area contributed by atoms with E-state index in [9.17, 15) is 18.0 Å². The van der Waals surface area contributed by atoms with Crippen molar-refractivity contribution in [2.24, 2.45) is 0 Å². The molecule has 0 saturated carbocycles. The molecule has 0 radical (unpaired) electrons. The second kappa shape index (κ2) is 6.44. The van der Waals surface area contributed by atoms with E-state index in [0.717, 1.165) is 11.8 Å². The van der Waals surface area contributed by atoms with Crippen LogP contribution in [-0.2, 0) is 23.8 Å². The number of aromatic nitrogens is 3. The molecule has 1 aliphatic carbocycles. The number of thiazole rings is 1. The number of carbonyl (C=O) groups is 1. The zero-order valence-corrected chi connectivity index (χ0v) is 13.3. The van der Waals surface area contributed by atoms with Crippen LogP contribution in [0.5, 0.6) is 0 Å². The summed E-state index contributed by atoms with van der Waals surface area (Å²) in [6.07, 6.45) is -1.45. The lowest BCUT2D eigenvalue weighted by atomic mass is 10.2. The van der Waals surface area contributed by atoms with E-state index in [2.05, 4.69) is 20.3 Å². The molecular formula is C13H11F3N4OS2. The number of halogens is 3. The van der Waals surface area contributed by atoms with Crippen molar-refractivity contribution >= 4 is 34.1 Å². The summed E-state index contributed by atoms with van der Waals surface area (Å²) in [4.78, 5) is 23.4. The summed E-state index contributed by atoms with van der Waals surface area (Å²) in [5.74, 6) is -0.432. The van der Waals surface area contributed by atoms with Crippen molar-refractivity contribution < 1.29 is 18.0 Å². The number of carbonyl (C=O) groups excluding carboxylic acids is 1. The molecule has 5 nitrogen and oxygen atoms in total. The number of amides is 1. The van der Waals surface area contributed by atoms with Gasteiger partial charge in [-0.25, -0.2) is 15.0 Å². The van der Waals surface area contributed by atoms with Crippen LogP contribution in [0.25, 0.3) is 0 Å². The highest BCUT2D eigenvalue weighted by Crippen LogP contribution is 2.36. The first-order valence-corrected chi connectivity index (χ1v) is 8.59. The molecule has 0 spiro atoms. The van der Waals surface area contributed by atoms with Crippen molar-refractivity contribution in [2.45, 2.75) is 30.6 Å². The van der Waals surface area contributed by atoms with Gasteiger partial charge in [-0.05, 0) is 19.3 Å². The second-order valence-electron chi connectivity index (χ2n) is 4.81. The SMILES string of the molecule is O=C(CSc1nc2c(c(C(F)(F)F)n1)CCC2)Nc1nccs1. The van der Waals surface area contributed by atoms with E-state index in [1.54, 1.807) is 11.6 Å². The van der Waals surface area contributed by atoms with Crippen LogP contribution in [0.3, 0.4) is 0 Å². The summed E-state index contributed by atoms with van der Waals surface area (Å²) >= 11 is 2.15. The molecule has 0 atom stereocenters. The van der Waals surface area contributed by atoms with E-state index < -0.39 is 11.9 Å². The lowest BCUT2D eigenvalue weighted by molar-refractivity contribution is -0.142. The topological polar surface area (TPSA) is 67.8 Å². The number of fused-ring (bicyclic) bond motifs is 1. The van der Waals surface area contributed by atoms with Gasteiger partial charge in [0.05, 0.1) is 5.75 Å². The summed E-state index contributed by atoms with van der Waals surface area (Å²) in [7, 11) is 0. The van der Waals surface area contributed by atoms with Crippen molar-refractivity contribution in [1.29, 1.82) is 0 Å². The largest absolute Gasteiger partial charge is 0.433 e. The molecule has 0 aromatic carbocycles. The van der Waals surface area contributed by atoms with Crippen molar-refractivity contribution in [2.75, 3.05) is 11.1 Å². The van der Waals surface area contributed by atoms with Crippen LogP contribution in [0.1, 0.15) is 23.4 Å². The minimum Gasteiger partial charge on any atom is -0.301 e. The predicted molar refractivity (Wildman–Crippen MR) is 80.5 cm³/mol. The summed E-state index contributed by atoms with van der Waals surface area (Å²) < 4.78 is 39.3. The van der Waals surface area contributed by atoms with E-state index in [-0.39, 0.29) is 22.4 Å². The zero-order valence-electron chi connectivity index (χ0n) is 11.7. The Morgan fingerprint density at radius 1 is 1.35 bits per heavy atom. The first-order valence-electron chi connectivity index (χ1n) is 6.72. The van der Waals surface area contributed by atoms with Crippen molar-refractivity contribution in [3.8, 4) is 0 Å². The molecule has 1 amide bonds. The van der Waals surface area contributed by atoms with Gasteiger partial charge in [0.15, 0.2) is 16.0 Å². The van der Waals surface area contributed by atoms with E-state index >= 15 is 0 Å². The molecular weight excluding hydrogens is 349 g/mol. The summed E-state index contributed by atoms with van der Waals surface area (Å²) in [5.41, 5.74) is -0.243. The minimum absolute atomic E-state index is 0.0211. The minimum atomic E-state index is -4.50. The van der Waals surface area contributed by atoms with E-state index in [0.29, 0.717) is 30.1 Å². The van der Waals surface area contributed by atoms with Crippen molar-refractivity contribution in [1.82, 2.24) is 15.0 Å². The average molecular weight is 360 g/mol. The molecule has 23 heavy (non-hydrogen) atoms. The quantitative estimate of drug-likeness (QED) is 0.670. The van der Waals surface area contributed by atoms with Gasteiger partial charge in [-0.15, -0.1) is 11.3 Å². The van der Waals surface area contributed by atoms with Crippen molar-refractivity contribution in [3.63, 3.8) is 0 Å². The first-order chi connectivity index (χ1) is 10.9. The third kappa shape index (κ3) is 3.81. The fourth-order valence-corrected chi connectivity index (χ4v) is 3.49. The normalized spacial score (nSPS) is 13.9. The number of hydrogen-bond acceptors (Lipinski definition) is 6. The third-order valence-corrected chi connectivity index (χ3v) is 4.73. The van der Waals surface area contributed by atoms with Gasteiger partial charge in [0.1, 0.15) is 0 Å². The molecule has 0 bridgehead atoms. The van der Waals surface area contributed by atoms with Crippen LogP contribution in [0.4, 0.5) is 18.3 Å². The molecule has 10 heteroatoms. The Hall–Kier alpha value is -1.68. The number of anilines is 1. The van der Waals surface area contributed by atoms with Crippen LogP contribution >= 0.6 is 23.1 Å².